The Labute approximate surface area is 184 Å². The van der Waals surface area contributed by atoms with Gasteiger partial charge in [0.15, 0.2) is 0 Å². The predicted octanol–water partition coefficient (Wildman–Crippen LogP) is 4.34. The van der Waals surface area contributed by atoms with Crippen molar-refractivity contribution in [2.45, 2.75) is 58.8 Å². The van der Waals surface area contributed by atoms with Crippen LogP contribution in [0.3, 0.4) is 0 Å². The lowest BCUT2D eigenvalue weighted by atomic mass is 10.0. The van der Waals surface area contributed by atoms with Crippen LogP contribution in [0.1, 0.15) is 68.6 Å². The summed E-state index contributed by atoms with van der Waals surface area (Å²) < 4.78 is 13.4. The van der Waals surface area contributed by atoms with Crippen molar-refractivity contribution in [3.63, 3.8) is 0 Å². The lowest BCUT2D eigenvalue weighted by Gasteiger charge is -2.37. The first kappa shape index (κ1) is 21.7. The summed E-state index contributed by atoms with van der Waals surface area (Å²) in [5.74, 6) is 2.55. The van der Waals surface area contributed by atoms with Crippen LogP contribution in [0.25, 0.3) is 0 Å². The molecule has 1 atom stereocenters. The lowest BCUT2D eigenvalue weighted by Crippen LogP contribution is -2.50. The van der Waals surface area contributed by atoms with Crippen molar-refractivity contribution in [2.75, 3.05) is 31.1 Å². The van der Waals surface area contributed by atoms with Gasteiger partial charge in [-0.15, -0.1) is 0 Å². The Morgan fingerprint density at radius 3 is 2.35 bits per heavy atom. The summed E-state index contributed by atoms with van der Waals surface area (Å²) in [5, 5.41) is 0. The molecule has 5 nitrogen and oxygen atoms in total. The molecule has 2 aromatic rings. The second-order valence-electron chi connectivity index (χ2n) is 8.88. The SMILES string of the molecule is CCc1nc([C@@H](C)CC)nc(N2CCN(C(=O)C3CC3)CC2)c1Cc1ccc(F)cc1. The van der Waals surface area contributed by atoms with Crippen LogP contribution in [-0.2, 0) is 17.6 Å². The van der Waals surface area contributed by atoms with Gasteiger partial charge in [-0.05, 0) is 43.4 Å². The first-order chi connectivity index (χ1) is 15.0. The Morgan fingerprint density at radius 2 is 1.77 bits per heavy atom. The van der Waals surface area contributed by atoms with E-state index in [2.05, 4.69) is 25.7 Å². The van der Waals surface area contributed by atoms with Crippen LogP contribution >= 0.6 is 0 Å². The van der Waals surface area contributed by atoms with Crippen molar-refractivity contribution in [1.82, 2.24) is 14.9 Å². The van der Waals surface area contributed by atoms with Crippen LogP contribution in [0, 0.1) is 11.7 Å². The molecule has 31 heavy (non-hydrogen) atoms. The summed E-state index contributed by atoms with van der Waals surface area (Å²) >= 11 is 0. The van der Waals surface area contributed by atoms with Crippen LogP contribution < -0.4 is 4.90 Å². The van der Waals surface area contributed by atoms with Gasteiger partial charge in [-0.2, -0.15) is 0 Å². The number of aromatic nitrogens is 2. The van der Waals surface area contributed by atoms with E-state index in [4.69, 9.17) is 9.97 Å². The number of hydrogen-bond donors (Lipinski definition) is 0. The molecule has 6 heteroatoms. The molecule has 1 saturated carbocycles. The maximum absolute atomic E-state index is 13.4. The number of halogens is 1. The van der Waals surface area contributed by atoms with E-state index in [1.54, 1.807) is 0 Å². The van der Waals surface area contributed by atoms with E-state index in [1.807, 2.05) is 17.0 Å². The smallest absolute Gasteiger partial charge is 0.225 e. The summed E-state index contributed by atoms with van der Waals surface area (Å²) in [7, 11) is 0. The number of amides is 1. The zero-order valence-electron chi connectivity index (χ0n) is 18.9. The second-order valence-corrected chi connectivity index (χ2v) is 8.88. The molecule has 0 spiro atoms. The quantitative estimate of drug-likeness (QED) is 0.663. The van der Waals surface area contributed by atoms with Crippen molar-refractivity contribution in [2.24, 2.45) is 5.92 Å². The first-order valence-corrected chi connectivity index (χ1v) is 11.7. The predicted molar refractivity (Wildman–Crippen MR) is 121 cm³/mol. The summed E-state index contributed by atoms with van der Waals surface area (Å²) in [4.78, 5) is 26.8. The van der Waals surface area contributed by atoms with Gasteiger partial charge in [0, 0.05) is 55.7 Å². The van der Waals surface area contributed by atoms with Crippen LogP contribution in [0.2, 0.25) is 0 Å². The average molecular weight is 425 g/mol. The highest BCUT2D eigenvalue weighted by molar-refractivity contribution is 5.81. The van der Waals surface area contributed by atoms with E-state index < -0.39 is 0 Å². The molecule has 0 bridgehead atoms. The minimum Gasteiger partial charge on any atom is -0.353 e. The third kappa shape index (κ3) is 4.89. The van der Waals surface area contributed by atoms with Crippen LogP contribution in [-0.4, -0.2) is 47.0 Å². The Balaban J connectivity index is 1.64. The Kier molecular flexibility index (Phi) is 6.54. The fraction of sp³-hybridized carbons (Fsp3) is 0.560. The van der Waals surface area contributed by atoms with Gasteiger partial charge in [-0.1, -0.05) is 32.9 Å². The third-order valence-electron chi connectivity index (χ3n) is 6.59. The summed E-state index contributed by atoms with van der Waals surface area (Å²) in [6, 6.07) is 6.70. The van der Waals surface area contributed by atoms with Crippen molar-refractivity contribution >= 4 is 11.7 Å². The number of anilines is 1. The summed E-state index contributed by atoms with van der Waals surface area (Å²) in [6.07, 6.45) is 4.59. The monoisotopic (exact) mass is 424 g/mol. The van der Waals surface area contributed by atoms with Gasteiger partial charge >= 0.3 is 0 Å². The molecule has 1 amide bonds. The number of hydrogen-bond acceptors (Lipinski definition) is 4. The highest BCUT2D eigenvalue weighted by Crippen LogP contribution is 2.32. The molecule has 2 heterocycles. The average Bonchev–Trinajstić information content (AvgIpc) is 3.65. The number of piperazine rings is 1. The Morgan fingerprint density at radius 1 is 1.10 bits per heavy atom. The van der Waals surface area contributed by atoms with Gasteiger partial charge in [-0.25, -0.2) is 14.4 Å². The largest absolute Gasteiger partial charge is 0.353 e. The second kappa shape index (κ2) is 9.33. The number of aryl methyl sites for hydroxylation is 1. The van der Waals surface area contributed by atoms with Gasteiger partial charge in [0.25, 0.3) is 0 Å². The normalized spacial score (nSPS) is 17.7. The van der Waals surface area contributed by atoms with Crippen molar-refractivity contribution < 1.29 is 9.18 Å². The standard InChI is InChI=1S/C25H33FN4O/c1-4-17(3)23-27-22(5-2)21(16-18-6-10-20(26)11-7-18)24(28-23)29-12-14-30(15-13-29)25(31)19-8-9-19/h6-7,10-11,17,19H,4-5,8-9,12-16H2,1-3H3/t17-/m0/s1. The number of rotatable bonds is 7. The zero-order valence-corrected chi connectivity index (χ0v) is 18.9. The van der Waals surface area contributed by atoms with Gasteiger partial charge in [-0.3, -0.25) is 4.79 Å². The minimum atomic E-state index is -0.223. The van der Waals surface area contributed by atoms with Gasteiger partial charge in [0.05, 0.1) is 0 Å². The van der Waals surface area contributed by atoms with E-state index in [1.165, 1.54) is 12.1 Å². The molecule has 1 aromatic carbocycles. The number of carbonyl (C=O) groups excluding carboxylic acids is 1. The van der Waals surface area contributed by atoms with Gasteiger partial charge in [0.2, 0.25) is 5.91 Å². The molecule has 2 aliphatic rings. The Hall–Kier alpha value is -2.50. The molecule has 166 valence electrons. The molecule has 0 N–H and O–H groups in total. The summed E-state index contributed by atoms with van der Waals surface area (Å²) in [5.41, 5.74) is 3.25. The van der Waals surface area contributed by atoms with E-state index in [9.17, 15) is 9.18 Å². The van der Waals surface area contributed by atoms with Crippen molar-refractivity contribution in [1.29, 1.82) is 0 Å². The fourth-order valence-electron chi connectivity index (χ4n) is 4.21. The van der Waals surface area contributed by atoms with E-state index >= 15 is 0 Å². The molecular weight excluding hydrogens is 391 g/mol. The molecule has 1 aliphatic carbocycles. The molecule has 0 radical (unpaired) electrons. The molecule has 0 unspecified atom stereocenters. The fourth-order valence-corrected chi connectivity index (χ4v) is 4.21. The van der Waals surface area contributed by atoms with E-state index in [0.29, 0.717) is 18.2 Å². The lowest BCUT2D eigenvalue weighted by molar-refractivity contribution is -0.132. The molecule has 1 aliphatic heterocycles. The minimum absolute atomic E-state index is 0.223. The van der Waals surface area contributed by atoms with E-state index in [-0.39, 0.29) is 11.7 Å². The molecule has 1 aromatic heterocycles. The molecule has 4 rings (SSSR count). The molecule has 2 fully saturated rings. The number of nitrogens with zero attached hydrogens (tertiary/aromatic N) is 4. The van der Waals surface area contributed by atoms with Crippen LogP contribution in [0.5, 0.6) is 0 Å². The maximum atomic E-state index is 13.4. The molecule has 1 saturated heterocycles. The highest BCUT2D eigenvalue weighted by atomic mass is 19.1. The van der Waals surface area contributed by atoms with Gasteiger partial charge in [0.1, 0.15) is 17.5 Å². The summed E-state index contributed by atoms with van der Waals surface area (Å²) in [6.45, 7) is 9.53. The number of benzene rings is 1. The third-order valence-corrected chi connectivity index (χ3v) is 6.59. The van der Waals surface area contributed by atoms with Crippen LogP contribution in [0.4, 0.5) is 10.2 Å². The number of carbonyl (C=O) groups is 1. The maximum Gasteiger partial charge on any atom is 0.225 e. The van der Waals surface area contributed by atoms with Crippen LogP contribution in [0.15, 0.2) is 24.3 Å². The van der Waals surface area contributed by atoms with Crippen molar-refractivity contribution in [3.8, 4) is 0 Å². The van der Waals surface area contributed by atoms with Crippen molar-refractivity contribution in [3.05, 3.63) is 52.7 Å². The topological polar surface area (TPSA) is 49.3 Å². The Bertz CT molecular complexity index is 918. The first-order valence-electron chi connectivity index (χ1n) is 11.7. The zero-order chi connectivity index (χ0) is 22.0. The van der Waals surface area contributed by atoms with E-state index in [0.717, 1.165) is 80.3 Å². The van der Waals surface area contributed by atoms with Gasteiger partial charge < -0.3 is 9.80 Å². The highest BCUT2D eigenvalue weighted by Gasteiger charge is 2.35. The molecular formula is C25H33FN4O.